The Balaban J connectivity index is 1.45. The summed E-state index contributed by atoms with van der Waals surface area (Å²) < 4.78 is 9.16. The van der Waals surface area contributed by atoms with E-state index in [1.54, 1.807) is 0 Å². The van der Waals surface area contributed by atoms with Gasteiger partial charge in [0.1, 0.15) is 22.5 Å². The highest BCUT2D eigenvalue weighted by Crippen LogP contribution is 2.42. The molecule has 41 heavy (non-hydrogen) atoms. The van der Waals surface area contributed by atoms with Gasteiger partial charge in [0.25, 0.3) is 0 Å². The lowest BCUT2D eigenvalue weighted by Crippen LogP contribution is -1.98. The molecule has 0 aliphatic heterocycles. The monoisotopic (exact) mass is 525 g/mol. The molecule has 0 fully saturated rings. The number of aromatic nitrogens is 3. The maximum absolute atomic E-state index is 6.90. The first-order valence-corrected chi connectivity index (χ1v) is 13.9. The Labute approximate surface area is 235 Å². The minimum atomic E-state index is 0.838. The minimum absolute atomic E-state index is 0.838. The number of hydrogen-bond acceptors (Lipinski definition) is 3. The normalized spacial score (nSPS) is 12.0. The highest BCUT2D eigenvalue weighted by molar-refractivity contribution is 6.24. The summed E-state index contributed by atoms with van der Waals surface area (Å²) >= 11 is 0. The molecule has 0 atom stereocenters. The lowest BCUT2D eigenvalue weighted by molar-refractivity contribution is 0.673. The molecule has 0 amide bonds. The number of rotatable bonds is 2. The molecular weight excluding hydrogens is 502 g/mol. The van der Waals surface area contributed by atoms with Crippen molar-refractivity contribution in [2.24, 2.45) is 0 Å². The molecule has 9 rings (SSSR count). The van der Waals surface area contributed by atoms with Crippen LogP contribution in [0.15, 0.2) is 126 Å². The Bertz CT molecular complexity index is 2490. The molecule has 0 unspecified atom stereocenters. The van der Waals surface area contributed by atoms with Crippen molar-refractivity contribution in [3.8, 4) is 17.1 Å². The number of aryl methyl sites for hydroxylation is 1. The molecule has 192 valence electrons. The molecule has 0 aliphatic carbocycles. The van der Waals surface area contributed by atoms with Crippen LogP contribution in [0.4, 0.5) is 0 Å². The predicted octanol–water partition coefficient (Wildman–Crippen LogP) is 9.75. The second-order valence-electron chi connectivity index (χ2n) is 10.6. The van der Waals surface area contributed by atoms with Crippen molar-refractivity contribution >= 4 is 65.4 Å². The number of furan rings is 1. The molecule has 3 heterocycles. The molecule has 4 nitrogen and oxygen atoms in total. The van der Waals surface area contributed by atoms with Gasteiger partial charge in [-0.05, 0) is 53.4 Å². The van der Waals surface area contributed by atoms with Crippen LogP contribution in [-0.4, -0.2) is 14.5 Å². The second-order valence-corrected chi connectivity index (χ2v) is 10.6. The Kier molecular flexibility index (Phi) is 4.50. The molecule has 0 aliphatic rings. The molecule has 9 aromatic rings. The van der Waals surface area contributed by atoms with Crippen LogP contribution in [0.1, 0.15) is 5.69 Å². The number of fused-ring (bicyclic) bond motifs is 10. The van der Waals surface area contributed by atoms with E-state index in [2.05, 4.69) is 114 Å². The summed E-state index contributed by atoms with van der Waals surface area (Å²) in [5.41, 5.74) is 7.56. The average molecular weight is 526 g/mol. The molecule has 3 aromatic heterocycles. The fourth-order valence-electron chi connectivity index (χ4n) is 6.45. The third-order valence-corrected chi connectivity index (χ3v) is 8.29. The van der Waals surface area contributed by atoms with Crippen LogP contribution in [0.5, 0.6) is 0 Å². The van der Waals surface area contributed by atoms with Gasteiger partial charge in [0.15, 0.2) is 0 Å². The van der Waals surface area contributed by atoms with Crippen molar-refractivity contribution in [3.63, 3.8) is 0 Å². The van der Waals surface area contributed by atoms with Crippen LogP contribution in [0.2, 0.25) is 0 Å². The molecule has 0 saturated carbocycles. The largest absolute Gasteiger partial charge is 0.455 e. The van der Waals surface area contributed by atoms with E-state index in [1.165, 1.54) is 16.2 Å². The summed E-state index contributed by atoms with van der Waals surface area (Å²) in [6, 6.07) is 42.4. The Hall–Kier alpha value is -5.48. The van der Waals surface area contributed by atoms with Crippen molar-refractivity contribution in [1.29, 1.82) is 0 Å². The number of para-hydroxylation sites is 3. The highest BCUT2D eigenvalue weighted by atomic mass is 16.3. The smallest absolute Gasteiger partial charge is 0.149 e. The van der Waals surface area contributed by atoms with E-state index in [4.69, 9.17) is 14.4 Å². The number of imidazole rings is 1. The molecule has 0 spiro atoms. The van der Waals surface area contributed by atoms with Gasteiger partial charge in [-0.15, -0.1) is 0 Å². The second kappa shape index (κ2) is 8.26. The maximum Gasteiger partial charge on any atom is 0.149 e. The van der Waals surface area contributed by atoms with Crippen molar-refractivity contribution < 1.29 is 4.42 Å². The van der Waals surface area contributed by atoms with Gasteiger partial charge in [0, 0.05) is 27.2 Å². The van der Waals surface area contributed by atoms with E-state index in [-0.39, 0.29) is 0 Å². The Morgan fingerprint density at radius 3 is 2.17 bits per heavy atom. The average Bonchev–Trinajstić information content (AvgIpc) is 3.61. The fraction of sp³-hybridized carbons (Fsp3) is 0.0270. The zero-order valence-corrected chi connectivity index (χ0v) is 22.3. The van der Waals surface area contributed by atoms with E-state index in [1.807, 2.05) is 19.1 Å². The van der Waals surface area contributed by atoms with Crippen LogP contribution in [0.25, 0.3) is 82.5 Å². The van der Waals surface area contributed by atoms with E-state index in [9.17, 15) is 0 Å². The van der Waals surface area contributed by atoms with E-state index in [0.29, 0.717) is 0 Å². The topological polar surface area (TPSA) is 43.9 Å². The summed E-state index contributed by atoms with van der Waals surface area (Å²) in [6.45, 7) is 2.04. The zero-order chi connectivity index (χ0) is 27.1. The van der Waals surface area contributed by atoms with Gasteiger partial charge in [-0.2, -0.15) is 0 Å². The molecule has 4 heteroatoms. The van der Waals surface area contributed by atoms with E-state index < -0.39 is 0 Å². The first-order chi connectivity index (χ1) is 20.3. The van der Waals surface area contributed by atoms with Crippen LogP contribution >= 0.6 is 0 Å². The molecule has 0 saturated heterocycles. The lowest BCUT2D eigenvalue weighted by atomic mass is 9.99. The van der Waals surface area contributed by atoms with Crippen molar-refractivity contribution in [1.82, 2.24) is 14.5 Å². The van der Waals surface area contributed by atoms with Crippen LogP contribution in [-0.2, 0) is 0 Å². The maximum atomic E-state index is 6.90. The molecule has 0 N–H and O–H groups in total. The number of pyridine rings is 1. The van der Waals surface area contributed by atoms with Gasteiger partial charge < -0.3 is 4.42 Å². The lowest BCUT2D eigenvalue weighted by Gasteiger charge is -2.11. The van der Waals surface area contributed by atoms with Gasteiger partial charge in [-0.3, -0.25) is 9.55 Å². The van der Waals surface area contributed by atoms with Gasteiger partial charge in [0.2, 0.25) is 0 Å². The SMILES string of the molecule is Cc1nc2ccccc2c2c1nc(-c1cccc3c1oc1c3ccc3ccc4ccccc4c31)n2-c1ccccc1. The first-order valence-electron chi connectivity index (χ1n) is 13.9. The zero-order valence-electron chi connectivity index (χ0n) is 22.3. The quantitative estimate of drug-likeness (QED) is 0.211. The summed E-state index contributed by atoms with van der Waals surface area (Å²) in [4.78, 5) is 10.2. The molecule has 0 bridgehead atoms. The van der Waals surface area contributed by atoms with Gasteiger partial charge in [-0.25, -0.2) is 4.98 Å². The number of benzene rings is 6. The number of hydrogen-bond donors (Lipinski definition) is 0. The van der Waals surface area contributed by atoms with Crippen molar-refractivity contribution in [2.45, 2.75) is 6.92 Å². The number of nitrogens with zero attached hydrogens (tertiary/aromatic N) is 3. The van der Waals surface area contributed by atoms with Crippen LogP contribution < -0.4 is 0 Å². The standard InChI is InChI=1S/C37H23N3O/c1-22-33-34(29-14-7-8-17-31(29)38-22)40(25-11-3-2-4-12-25)37(39-33)30-16-9-15-27-28-21-20-24-19-18-23-10-5-6-13-26(23)32(24)36(28)41-35(27)30/h2-21H,1H3. The first kappa shape index (κ1) is 22.3. The summed E-state index contributed by atoms with van der Waals surface area (Å²) in [5, 5.41) is 7.97. The van der Waals surface area contributed by atoms with E-state index in [0.717, 1.165) is 72.0 Å². The summed E-state index contributed by atoms with van der Waals surface area (Å²) in [7, 11) is 0. The predicted molar refractivity (Wildman–Crippen MR) is 169 cm³/mol. The Morgan fingerprint density at radius 2 is 1.27 bits per heavy atom. The van der Waals surface area contributed by atoms with Gasteiger partial charge >= 0.3 is 0 Å². The highest BCUT2D eigenvalue weighted by Gasteiger charge is 2.23. The molecular formula is C37H23N3O. The molecule has 0 radical (unpaired) electrons. The van der Waals surface area contributed by atoms with Crippen LogP contribution in [0.3, 0.4) is 0 Å². The third-order valence-electron chi connectivity index (χ3n) is 8.29. The van der Waals surface area contributed by atoms with Gasteiger partial charge in [-0.1, -0.05) is 91.0 Å². The van der Waals surface area contributed by atoms with Crippen LogP contribution in [0, 0.1) is 6.92 Å². The van der Waals surface area contributed by atoms with E-state index >= 15 is 0 Å². The van der Waals surface area contributed by atoms with Gasteiger partial charge in [0.05, 0.1) is 22.3 Å². The summed E-state index contributed by atoms with van der Waals surface area (Å²) in [6.07, 6.45) is 0. The third kappa shape index (κ3) is 3.10. The minimum Gasteiger partial charge on any atom is -0.455 e. The summed E-state index contributed by atoms with van der Waals surface area (Å²) in [5.74, 6) is 0.839. The van der Waals surface area contributed by atoms with Crippen molar-refractivity contribution in [3.05, 3.63) is 127 Å². The molecule has 6 aromatic carbocycles. The fourth-order valence-corrected chi connectivity index (χ4v) is 6.45. The Morgan fingerprint density at radius 1 is 0.561 bits per heavy atom. The van der Waals surface area contributed by atoms with Crippen molar-refractivity contribution in [2.75, 3.05) is 0 Å².